The van der Waals surface area contributed by atoms with Crippen LogP contribution in [0.5, 0.6) is 0 Å². The van der Waals surface area contributed by atoms with E-state index in [0.29, 0.717) is 18.7 Å². The monoisotopic (exact) mass is 287 g/mol. The maximum atomic E-state index is 11.6. The smallest absolute Gasteiger partial charge is 0.254 e. The lowest BCUT2D eigenvalue weighted by Gasteiger charge is -2.04. The van der Waals surface area contributed by atoms with Gasteiger partial charge in [0.1, 0.15) is 6.26 Å². The molecule has 2 heterocycles. The number of amides is 1. The highest BCUT2D eigenvalue weighted by atomic mass is 32.1. The molecule has 0 aliphatic carbocycles. The van der Waals surface area contributed by atoms with Crippen molar-refractivity contribution in [2.75, 3.05) is 18.4 Å². The molecule has 0 unspecified atom stereocenters. The number of hydrogen-bond acceptors (Lipinski definition) is 5. The van der Waals surface area contributed by atoms with Crippen LogP contribution < -0.4 is 10.6 Å². The topological polar surface area (TPSA) is 67.2 Å². The van der Waals surface area contributed by atoms with E-state index in [4.69, 9.17) is 4.42 Å². The van der Waals surface area contributed by atoms with Gasteiger partial charge in [0, 0.05) is 13.1 Å². The minimum absolute atomic E-state index is 0.134. The van der Waals surface area contributed by atoms with Gasteiger partial charge in [-0.3, -0.25) is 4.79 Å². The summed E-state index contributed by atoms with van der Waals surface area (Å²) >= 11 is 1.60. The molecular weight excluding hydrogens is 274 g/mol. The molecule has 5 nitrogen and oxygen atoms in total. The maximum absolute atomic E-state index is 11.6. The number of fused-ring (bicyclic) bond motifs is 1. The standard InChI is InChI=1S/C14H13N3O2S/c18-13(10-5-8-19-9-10)15-6-7-16-14-17-11-3-1-2-4-12(11)20-14/h1-5,8-9H,6-7H2,(H,15,18)(H,16,17). The number of aromatic nitrogens is 1. The SMILES string of the molecule is O=C(NCCNc1nc2ccccc2s1)c1ccoc1. The van der Waals surface area contributed by atoms with Gasteiger partial charge >= 0.3 is 0 Å². The molecule has 0 aliphatic rings. The van der Waals surface area contributed by atoms with Crippen LogP contribution in [0.4, 0.5) is 5.13 Å². The molecule has 0 aliphatic heterocycles. The molecule has 3 aromatic rings. The van der Waals surface area contributed by atoms with Crippen LogP contribution in [0.1, 0.15) is 10.4 Å². The largest absolute Gasteiger partial charge is 0.472 e. The van der Waals surface area contributed by atoms with Crippen LogP contribution >= 0.6 is 11.3 Å². The summed E-state index contributed by atoms with van der Waals surface area (Å²) in [5.74, 6) is -0.134. The number of rotatable bonds is 5. The van der Waals surface area contributed by atoms with Gasteiger partial charge in [-0.25, -0.2) is 4.98 Å². The number of benzene rings is 1. The third-order valence-electron chi connectivity index (χ3n) is 2.76. The molecule has 1 aromatic carbocycles. The van der Waals surface area contributed by atoms with Crippen molar-refractivity contribution < 1.29 is 9.21 Å². The number of furan rings is 1. The predicted octanol–water partition coefficient (Wildman–Crippen LogP) is 2.73. The van der Waals surface area contributed by atoms with Gasteiger partial charge in [0.05, 0.1) is 22.0 Å². The molecular formula is C14H13N3O2S. The van der Waals surface area contributed by atoms with E-state index in [2.05, 4.69) is 15.6 Å². The molecule has 2 N–H and O–H groups in total. The Hall–Kier alpha value is -2.34. The lowest BCUT2D eigenvalue weighted by Crippen LogP contribution is -2.28. The first-order valence-electron chi connectivity index (χ1n) is 6.23. The Morgan fingerprint density at radius 3 is 2.95 bits per heavy atom. The van der Waals surface area contributed by atoms with Crippen molar-refractivity contribution in [1.29, 1.82) is 0 Å². The second-order valence-corrected chi connectivity index (χ2v) is 5.21. The Morgan fingerprint density at radius 2 is 2.15 bits per heavy atom. The highest BCUT2D eigenvalue weighted by Gasteiger charge is 2.06. The fourth-order valence-electron chi connectivity index (χ4n) is 1.79. The van der Waals surface area contributed by atoms with E-state index in [0.717, 1.165) is 15.3 Å². The minimum Gasteiger partial charge on any atom is -0.472 e. The Kier molecular flexibility index (Phi) is 3.64. The average Bonchev–Trinajstić information content (AvgIpc) is 3.11. The van der Waals surface area contributed by atoms with Gasteiger partial charge in [-0.2, -0.15) is 0 Å². The molecule has 102 valence electrons. The van der Waals surface area contributed by atoms with Gasteiger partial charge in [0.2, 0.25) is 0 Å². The molecule has 1 amide bonds. The summed E-state index contributed by atoms with van der Waals surface area (Å²) < 4.78 is 6.01. The van der Waals surface area contributed by atoms with Crippen LogP contribution in [0.3, 0.4) is 0 Å². The highest BCUT2D eigenvalue weighted by Crippen LogP contribution is 2.24. The number of nitrogens with zero attached hydrogens (tertiary/aromatic N) is 1. The van der Waals surface area contributed by atoms with Crippen LogP contribution in [0.15, 0.2) is 47.3 Å². The lowest BCUT2D eigenvalue weighted by atomic mass is 10.3. The van der Waals surface area contributed by atoms with Crippen molar-refractivity contribution >= 4 is 32.6 Å². The molecule has 3 rings (SSSR count). The Labute approximate surface area is 119 Å². The van der Waals surface area contributed by atoms with Gasteiger partial charge in [0.25, 0.3) is 5.91 Å². The van der Waals surface area contributed by atoms with Gasteiger partial charge in [-0.1, -0.05) is 23.5 Å². The lowest BCUT2D eigenvalue weighted by molar-refractivity contribution is 0.0954. The van der Waals surface area contributed by atoms with Gasteiger partial charge in [-0.15, -0.1) is 0 Å². The van der Waals surface area contributed by atoms with Crippen LogP contribution in [0, 0.1) is 0 Å². The Balaban J connectivity index is 1.49. The molecule has 0 radical (unpaired) electrons. The van der Waals surface area contributed by atoms with Crippen LogP contribution in [-0.2, 0) is 0 Å². The van der Waals surface area contributed by atoms with Gasteiger partial charge < -0.3 is 15.1 Å². The van der Waals surface area contributed by atoms with Crippen molar-refractivity contribution in [3.63, 3.8) is 0 Å². The fraction of sp³-hybridized carbons (Fsp3) is 0.143. The van der Waals surface area contributed by atoms with Crippen LogP contribution in [0.25, 0.3) is 10.2 Å². The van der Waals surface area contributed by atoms with E-state index < -0.39 is 0 Å². The Bertz CT molecular complexity index is 673. The molecule has 0 bridgehead atoms. The van der Waals surface area contributed by atoms with E-state index in [-0.39, 0.29) is 5.91 Å². The van der Waals surface area contributed by atoms with Crippen molar-refractivity contribution in [2.45, 2.75) is 0 Å². The zero-order valence-electron chi connectivity index (χ0n) is 10.6. The van der Waals surface area contributed by atoms with Crippen molar-refractivity contribution in [3.8, 4) is 0 Å². The molecule has 2 aromatic heterocycles. The third kappa shape index (κ3) is 2.80. The molecule has 0 spiro atoms. The summed E-state index contributed by atoms with van der Waals surface area (Å²) in [4.78, 5) is 16.1. The predicted molar refractivity (Wildman–Crippen MR) is 79.2 cm³/mol. The maximum Gasteiger partial charge on any atom is 0.254 e. The van der Waals surface area contributed by atoms with E-state index >= 15 is 0 Å². The third-order valence-corrected chi connectivity index (χ3v) is 3.76. The van der Waals surface area contributed by atoms with Gasteiger partial charge in [0.15, 0.2) is 5.13 Å². The first kappa shape index (κ1) is 12.7. The van der Waals surface area contributed by atoms with Crippen molar-refractivity contribution in [2.24, 2.45) is 0 Å². The number of anilines is 1. The van der Waals surface area contributed by atoms with E-state index in [1.807, 2.05) is 24.3 Å². The van der Waals surface area contributed by atoms with Gasteiger partial charge in [-0.05, 0) is 18.2 Å². The zero-order valence-corrected chi connectivity index (χ0v) is 11.4. The summed E-state index contributed by atoms with van der Waals surface area (Å²) in [5.41, 5.74) is 1.52. The second-order valence-electron chi connectivity index (χ2n) is 4.18. The Morgan fingerprint density at radius 1 is 1.25 bits per heavy atom. The fourth-order valence-corrected chi connectivity index (χ4v) is 2.68. The summed E-state index contributed by atoms with van der Waals surface area (Å²) in [7, 11) is 0. The number of hydrogen-bond donors (Lipinski definition) is 2. The van der Waals surface area contributed by atoms with Crippen molar-refractivity contribution in [3.05, 3.63) is 48.4 Å². The van der Waals surface area contributed by atoms with E-state index in [9.17, 15) is 4.79 Å². The second kappa shape index (κ2) is 5.75. The summed E-state index contributed by atoms with van der Waals surface area (Å²) in [6.45, 7) is 1.16. The van der Waals surface area contributed by atoms with Crippen LogP contribution in [0.2, 0.25) is 0 Å². The summed E-state index contributed by atoms with van der Waals surface area (Å²) in [5, 5.41) is 6.87. The molecule has 0 atom stereocenters. The molecule has 0 saturated carbocycles. The summed E-state index contributed by atoms with van der Waals surface area (Å²) in [6, 6.07) is 9.62. The minimum atomic E-state index is -0.134. The molecule has 6 heteroatoms. The van der Waals surface area contributed by atoms with Crippen LogP contribution in [-0.4, -0.2) is 24.0 Å². The average molecular weight is 287 g/mol. The normalized spacial score (nSPS) is 10.6. The highest BCUT2D eigenvalue weighted by molar-refractivity contribution is 7.22. The first-order valence-corrected chi connectivity index (χ1v) is 7.04. The molecule has 0 saturated heterocycles. The number of carbonyl (C=O) groups is 1. The number of carbonyl (C=O) groups excluding carboxylic acids is 1. The van der Waals surface area contributed by atoms with E-state index in [1.165, 1.54) is 12.5 Å². The quantitative estimate of drug-likeness (QED) is 0.708. The number of nitrogens with one attached hydrogen (secondary N) is 2. The summed E-state index contributed by atoms with van der Waals surface area (Å²) in [6.07, 6.45) is 2.91. The molecule has 0 fully saturated rings. The number of thiazole rings is 1. The number of para-hydroxylation sites is 1. The first-order chi connectivity index (χ1) is 9.83. The molecule has 20 heavy (non-hydrogen) atoms. The zero-order chi connectivity index (χ0) is 13.8. The van der Waals surface area contributed by atoms with E-state index in [1.54, 1.807) is 17.4 Å². The van der Waals surface area contributed by atoms with Crippen molar-refractivity contribution in [1.82, 2.24) is 10.3 Å².